The molecule has 4 rings (SSSR count). The second kappa shape index (κ2) is 8.30. The number of amides is 1. The molecule has 0 aliphatic rings. The van der Waals surface area contributed by atoms with Gasteiger partial charge in [-0.2, -0.15) is 0 Å². The van der Waals surface area contributed by atoms with Crippen molar-refractivity contribution in [3.05, 3.63) is 66.6 Å². The molecule has 152 valence electrons. The maximum absolute atomic E-state index is 12.2. The number of hydrogen-bond donors (Lipinski definition) is 2. The maximum atomic E-state index is 12.2. The van der Waals surface area contributed by atoms with E-state index in [1.54, 1.807) is 29.0 Å². The zero-order valence-corrected chi connectivity index (χ0v) is 16.9. The van der Waals surface area contributed by atoms with Crippen LogP contribution in [0.2, 0.25) is 0 Å². The molecule has 8 heteroatoms. The van der Waals surface area contributed by atoms with Gasteiger partial charge in [0.05, 0.1) is 11.3 Å². The highest BCUT2D eigenvalue weighted by Crippen LogP contribution is 2.29. The molecule has 8 nitrogen and oxygen atoms in total. The molecule has 3 heterocycles. The second-order valence-electron chi connectivity index (χ2n) is 7.22. The van der Waals surface area contributed by atoms with Gasteiger partial charge in [0.2, 0.25) is 0 Å². The highest BCUT2D eigenvalue weighted by Gasteiger charge is 2.15. The summed E-state index contributed by atoms with van der Waals surface area (Å²) in [5.74, 6) is 0.292. The standard InChI is InChI=1S/C22H23N7O/c1-28(2)12-11-25-22(30)16-8-6-15(7-9-16)17-13-26-21-19(18-5-3-4-10-24-18)20(23)27-29(21)14-17/h3-10,13-14H,11-12H2,1-2H3,(H2,23,27)(H,25,30). The first kappa shape index (κ1) is 19.5. The third-order valence-corrected chi connectivity index (χ3v) is 4.75. The Balaban J connectivity index is 1.57. The smallest absolute Gasteiger partial charge is 0.251 e. The Morgan fingerprint density at radius 1 is 1.10 bits per heavy atom. The van der Waals surface area contributed by atoms with Gasteiger partial charge >= 0.3 is 0 Å². The molecule has 0 aliphatic heterocycles. The molecule has 0 aliphatic carbocycles. The van der Waals surface area contributed by atoms with Crippen LogP contribution in [0.3, 0.4) is 0 Å². The van der Waals surface area contributed by atoms with Gasteiger partial charge in [-0.05, 0) is 43.9 Å². The number of carbonyl (C=O) groups is 1. The molecule has 3 N–H and O–H groups in total. The number of fused-ring (bicyclic) bond motifs is 1. The van der Waals surface area contributed by atoms with E-state index in [1.165, 1.54) is 0 Å². The SMILES string of the molecule is CN(C)CCNC(=O)c1ccc(-c2cnc3c(-c4ccccn4)c(N)nn3c2)cc1. The number of nitrogens with two attached hydrogens (primary N) is 1. The van der Waals surface area contributed by atoms with Gasteiger partial charge in [-0.1, -0.05) is 18.2 Å². The molecule has 0 atom stereocenters. The normalized spacial score (nSPS) is 11.2. The lowest BCUT2D eigenvalue weighted by Crippen LogP contribution is -2.31. The third-order valence-electron chi connectivity index (χ3n) is 4.75. The van der Waals surface area contributed by atoms with Crippen molar-refractivity contribution in [3.8, 4) is 22.4 Å². The van der Waals surface area contributed by atoms with Crippen molar-refractivity contribution in [2.24, 2.45) is 0 Å². The van der Waals surface area contributed by atoms with Gasteiger partial charge < -0.3 is 16.0 Å². The average Bonchev–Trinajstić information content (AvgIpc) is 3.09. The minimum atomic E-state index is -0.0863. The predicted molar refractivity (Wildman–Crippen MR) is 117 cm³/mol. The van der Waals surface area contributed by atoms with Crippen LogP contribution >= 0.6 is 0 Å². The molecule has 0 fully saturated rings. The number of likely N-dealkylation sites (N-methyl/N-ethyl adjacent to an activating group) is 1. The van der Waals surface area contributed by atoms with Crippen molar-refractivity contribution in [1.29, 1.82) is 0 Å². The van der Waals surface area contributed by atoms with Crippen molar-refractivity contribution in [3.63, 3.8) is 0 Å². The van der Waals surface area contributed by atoms with Crippen molar-refractivity contribution in [2.75, 3.05) is 32.9 Å². The Labute approximate surface area is 174 Å². The molecule has 4 aromatic rings. The number of pyridine rings is 1. The van der Waals surface area contributed by atoms with E-state index in [9.17, 15) is 4.79 Å². The largest absolute Gasteiger partial charge is 0.382 e. The van der Waals surface area contributed by atoms with Crippen LogP contribution in [-0.2, 0) is 0 Å². The number of aromatic nitrogens is 4. The number of nitrogens with zero attached hydrogens (tertiary/aromatic N) is 5. The van der Waals surface area contributed by atoms with E-state index in [2.05, 4.69) is 20.4 Å². The first-order chi connectivity index (χ1) is 14.5. The summed E-state index contributed by atoms with van der Waals surface area (Å²) in [5, 5.41) is 7.30. The van der Waals surface area contributed by atoms with Gasteiger partial charge in [-0.15, -0.1) is 5.10 Å². The number of hydrogen-bond acceptors (Lipinski definition) is 6. The number of anilines is 1. The van der Waals surface area contributed by atoms with Crippen molar-refractivity contribution in [2.45, 2.75) is 0 Å². The second-order valence-corrected chi connectivity index (χ2v) is 7.22. The summed E-state index contributed by atoms with van der Waals surface area (Å²) in [7, 11) is 3.94. The summed E-state index contributed by atoms with van der Waals surface area (Å²) < 4.78 is 1.66. The fourth-order valence-electron chi connectivity index (χ4n) is 3.17. The first-order valence-electron chi connectivity index (χ1n) is 9.61. The zero-order valence-electron chi connectivity index (χ0n) is 16.9. The minimum absolute atomic E-state index is 0.0863. The van der Waals surface area contributed by atoms with E-state index in [0.717, 1.165) is 23.4 Å². The Morgan fingerprint density at radius 3 is 2.60 bits per heavy atom. The van der Waals surface area contributed by atoms with Crippen molar-refractivity contribution < 1.29 is 4.79 Å². The van der Waals surface area contributed by atoms with E-state index in [1.807, 2.05) is 55.5 Å². The Bertz CT molecular complexity index is 1170. The number of rotatable bonds is 6. The van der Waals surface area contributed by atoms with Gasteiger partial charge in [-0.3, -0.25) is 9.78 Å². The minimum Gasteiger partial charge on any atom is -0.382 e. The van der Waals surface area contributed by atoms with E-state index in [-0.39, 0.29) is 5.91 Å². The Morgan fingerprint density at radius 2 is 1.90 bits per heavy atom. The van der Waals surface area contributed by atoms with Crippen LogP contribution in [0.4, 0.5) is 5.82 Å². The molecule has 0 saturated heterocycles. The molecule has 0 bridgehead atoms. The summed E-state index contributed by atoms with van der Waals surface area (Å²) in [6, 6.07) is 13.0. The van der Waals surface area contributed by atoms with E-state index >= 15 is 0 Å². The van der Waals surface area contributed by atoms with Gasteiger partial charge in [0.1, 0.15) is 0 Å². The number of nitrogen functional groups attached to an aromatic ring is 1. The summed E-state index contributed by atoms with van der Waals surface area (Å²) in [5.41, 5.74) is 10.6. The van der Waals surface area contributed by atoms with Crippen LogP contribution in [0.15, 0.2) is 61.1 Å². The molecule has 0 radical (unpaired) electrons. The zero-order chi connectivity index (χ0) is 21.1. The Hall–Kier alpha value is -3.78. The van der Waals surface area contributed by atoms with Crippen LogP contribution in [0.1, 0.15) is 10.4 Å². The van der Waals surface area contributed by atoms with Crippen molar-refractivity contribution >= 4 is 17.4 Å². The summed E-state index contributed by atoms with van der Waals surface area (Å²) in [6.45, 7) is 1.40. The van der Waals surface area contributed by atoms with Crippen LogP contribution in [0.25, 0.3) is 28.0 Å². The Kier molecular flexibility index (Phi) is 5.40. The molecular formula is C22H23N7O. The highest BCUT2D eigenvalue weighted by atomic mass is 16.1. The molecule has 0 saturated carbocycles. The number of nitrogens with one attached hydrogen (secondary N) is 1. The highest BCUT2D eigenvalue weighted by molar-refractivity contribution is 5.94. The molecule has 1 aromatic carbocycles. The predicted octanol–water partition coefficient (Wildman–Crippen LogP) is 2.33. The summed E-state index contributed by atoms with van der Waals surface area (Å²) in [4.78, 5) is 23.2. The third kappa shape index (κ3) is 3.99. The quantitative estimate of drug-likeness (QED) is 0.514. The van der Waals surface area contributed by atoms with E-state index in [4.69, 9.17) is 5.73 Å². The van der Waals surface area contributed by atoms with Gasteiger partial charge in [0, 0.05) is 42.8 Å². The summed E-state index contributed by atoms with van der Waals surface area (Å²) in [6.07, 6.45) is 5.36. The molecule has 3 aromatic heterocycles. The van der Waals surface area contributed by atoms with E-state index in [0.29, 0.717) is 29.1 Å². The van der Waals surface area contributed by atoms with Crippen LogP contribution in [0.5, 0.6) is 0 Å². The lowest BCUT2D eigenvalue weighted by molar-refractivity contribution is 0.0951. The first-order valence-corrected chi connectivity index (χ1v) is 9.61. The molecule has 0 unspecified atom stereocenters. The van der Waals surface area contributed by atoms with Gasteiger partial charge in [0.15, 0.2) is 11.5 Å². The number of carbonyl (C=O) groups excluding carboxylic acids is 1. The van der Waals surface area contributed by atoms with Gasteiger partial charge in [0.25, 0.3) is 5.91 Å². The fourth-order valence-corrected chi connectivity index (χ4v) is 3.17. The average molecular weight is 401 g/mol. The molecule has 0 spiro atoms. The molecule has 1 amide bonds. The topological polar surface area (TPSA) is 101 Å². The van der Waals surface area contributed by atoms with Crippen LogP contribution in [-0.4, -0.2) is 57.6 Å². The summed E-state index contributed by atoms with van der Waals surface area (Å²) >= 11 is 0. The van der Waals surface area contributed by atoms with E-state index < -0.39 is 0 Å². The fraction of sp³-hybridized carbons (Fsp3) is 0.182. The lowest BCUT2D eigenvalue weighted by atomic mass is 10.1. The monoisotopic (exact) mass is 401 g/mol. The molecule has 30 heavy (non-hydrogen) atoms. The lowest BCUT2D eigenvalue weighted by Gasteiger charge is -2.10. The maximum Gasteiger partial charge on any atom is 0.251 e. The molecular weight excluding hydrogens is 378 g/mol. The van der Waals surface area contributed by atoms with Crippen LogP contribution < -0.4 is 11.1 Å². The van der Waals surface area contributed by atoms with Crippen LogP contribution in [0, 0.1) is 0 Å². The van der Waals surface area contributed by atoms with Gasteiger partial charge in [-0.25, -0.2) is 9.50 Å². The number of benzene rings is 1. The van der Waals surface area contributed by atoms with Crippen molar-refractivity contribution in [1.82, 2.24) is 29.8 Å².